The van der Waals surface area contributed by atoms with Gasteiger partial charge in [0.2, 0.25) is 0 Å². The molecule has 1 saturated heterocycles. The highest BCUT2D eigenvalue weighted by Crippen LogP contribution is 2.25. The smallest absolute Gasteiger partial charge is 0.262 e. The predicted octanol–water partition coefficient (Wildman–Crippen LogP) is 2.43. The fraction of sp³-hybridized carbons (Fsp3) is 0.350. The maximum absolute atomic E-state index is 14.2. The molecule has 1 aromatic carbocycles. The molecule has 0 unspecified atom stereocenters. The summed E-state index contributed by atoms with van der Waals surface area (Å²) in [6, 6.07) is 5.84. The molecule has 0 spiro atoms. The Balaban J connectivity index is 1.90. The minimum absolute atomic E-state index is 0.0959. The lowest BCUT2D eigenvalue weighted by Crippen LogP contribution is -2.28. The van der Waals surface area contributed by atoms with E-state index >= 15 is 0 Å². The van der Waals surface area contributed by atoms with E-state index in [1.165, 1.54) is 38.6 Å². The van der Waals surface area contributed by atoms with Crippen LogP contribution in [0.25, 0.3) is 0 Å². The Bertz CT molecular complexity index is 900. The van der Waals surface area contributed by atoms with Gasteiger partial charge in [0.05, 0.1) is 18.4 Å². The summed E-state index contributed by atoms with van der Waals surface area (Å²) in [4.78, 5) is 29.2. The van der Waals surface area contributed by atoms with Crippen LogP contribution in [0.5, 0.6) is 5.75 Å². The second kappa shape index (κ2) is 9.33. The topological polar surface area (TPSA) is 102 Å². The first-order valence-corrected chi connectivity index (χ1v) is 9.23. The van der Waals surface area contributed by atoms with Crippen LogP contribution in [-0.2, 0) is 4.74 Å². The summed E-state index contributed by atoms with van der Waals surface area (Å²) < 4.78 is 24.7. The van der Waals surface area contributed by atoms with E-state index < -0.39 is 17.6 Å². The van der Waals surface area contributed by atoms with Gasteiger partial charge in [0.25, 0.3) is 11.8 Å². The zero-order valence-corrected chi connectivity index (χ0v) is 16.3. The molecule has 2 heterocycles. The zero-order valence-electron chi connectivity index (χ0n) is 16.3. The van der Waals surface area contributed by atoms with E-state index in [2.05, 4.69) is 20.9 Å². The number of carbonyl (C=O) groups excluding carboxylic acids is 2. The van der Waals surface area contributed by atoms with Gasteiger partial charge in [-0.3, -0.25) is 9.59 Å². The predicted molar refractivity (Wildman–Crippen MR) is 106 cm³/mol. The van der Waals surface area contributed by atoms with Crippen LogP contribution in [0.1, 0.15) is 33.6 Å². The van der Waals surface area contributed by atoms with Crippen LogP contribution in [0.4, 0.5) is 15.9 Å². The van der Waals surface area contributed by atoms with Gasteiger partial charge in [-0.15, -0.1) is 0 Å². The van der Waals surface area contributed by atoms with Crippen molar-refractivity contribution < 1.29 is 23.5 Å². The molecule has 1 aliphatic rings. The highest BCUT2D eigenvalue weighted by Gasteiger charge is 2.21. The first-order chi connectivity index (χ1) is 14.0. The Morgan fingerprint density at radius 3 is 2.69 bits per heavy atom. The number of carbonyl (C=O) groups is 2. The summed E-state index contributed by atoms with van der Waals surface area (Å²) in [6.45, 7) is 1.31. The molecule has 0 atom stereocenters. The number of halogens is 1. The lowest BCUT2D eigenvalue weighted by atomic mass is 10.1. The van der Waals surface area contributed by atoms with E-state index in [-0.39, 0.29) is 28.6 Å². The third-order valence-electron chi connectivity index (χ3n) is 4.62. The molecule has 3 rings (SSSR count). The standard InChI is InChI=1S/C20H23FN4O4/c1-22-19(26)13-11-23-17(24-12-6-8-29-9-7-12)10-15(13)25-20(27)18-14(21)4-3-5-16(18)28-2/h3-5,10-12H,6-9H2,1-2H3,(H,22,26)(H2,23,24,25,27). The van der Waals surface area contributed by atoms with Crippen LogP contribution in [0, 0.1) is 5.82 Å². The quantitative estimate of drug-likeness (QED) is 0.686. The molecule has 0 radical (unpaired) electrons. The summed E-state index contributed by atoms with van der Waals surface area (Å²) >= 11 is 0. The van der Waals surface area contributed by atoms with Crippen LogP contribution < -0.4 is 20.7 Å². The molecule has 29 heavy (non-hydrogen) atoms. The molecule has 0 aliphatic carbocycles. The normalized spacial score (nSPS) is 14.2. The third kappa shape index (κ3) is 4.80. The van der Waals surface area contributed by atoms with Crippen molar-refractivity contribution in [3.63, 3.8) is 0 Å². The largest absolute Gasteiger partial charge is 0.496 e. The molecule has 2 amide bonds. The average molecular weight is 402 g/mol. The van der Waals surface area contributed by atoms with Gasteiger partial charge in [-0.1, -0.05) is 6.07 Å². The zero-order chi connectivity index (χ0) is 20.8. The van der Waals surface area contributed by atoms with Crippen LogP contribution in [0.3, 0.4) is 0 Å². The van der Waals surface area contributed by atoms with Crippen molar-refractivity contribution in [1.82, 2.24) is 10.3 Å². The molecule has 2 aromatic rings. The number of anilines is 2. The van der Waals surface area contributed by atoms with E-state index in [1.54, 1.807) is 6.07 Å². The lowest BCUT2D eigenvalue weighted by Gasteiger charge is -2.24. The molecule has 1 fully saturated rings. The molecule has 8 nitrogen and oxygen atoms in total. The number of hydrogen-bond acceptors (Lipinski definition) is 6. The van der Waals surface area contributed by atoms with Crippen molar-refractivity contribution >= 4 is 23.3 Å². The van der Waals surface area contributed by atoms with Crippen LogP contribution in [-0.4, -0.2) is 50.2 Å². The highest BCUT2D eigenvalue weighted by molar-refractivity contribution is 6.10. The molecular formula is C20H23FN4O4. The third-order valence-corrected chi connectivity index (χ3v) is 4.62. The van der Waals surface area contributed by atoms with Crippen molar-refractivity contribution in [2.75, 3.05) is 38.0 Å². The number of aromatic nitrogens is 1. The van der Waals surface area contributed by atoms with E-state index in [0.717, 1.165) is 12.8 Å². The second-order valence-corrected chi connectivity index (χ2v) is 6.50. The summed E-state index contributed by atoms with van der Waals surface area (Å²) in [6.07, 6.45) is 3.02. The Hall–Kier alpha value is -3.20. The van der Waals surface area contributed by atoms with Crippen molar-refractivity contribution in [1.29, 1.82) is 0 Å². The first kappa shape index (κ1) is 20.5. The monoisotopic (exact) mass is 402 g/mol. The molecule has 154 valence electrons. The Morgan fingerprint density at radius 2 is 2.00 bits per heavy atom. The van der Waals surface area contributed by atoms with Gasteiger partial charge in [0, 0.05) is 38.6 Å². The first-order valence-electron chi connectivity index (χ1n) is 9.23. The highest BCUT2D eigenvalue weighted by atomic mass is 19.1. The number of pyridine rings is 1. The van der Waals surface area contributed by atoms with Crippen LogP contribution in [0.2, 0.25) is 0 Å². The number of nitrogens with zero attached hydrogens (tertiary/aromatic N) is 1. The molecule has 1 aliphatic heterocycles. The Morgan fingerprint density at radius 1 is 1.24 bits per heavy atom. The van der Waals surface area contributed by atoms with Gasteiger partial charge in [0.1, 0.15) is 22.9 Å². The SMILES string of the molecule is CNC(=O)c1cnc(NC2CCOCC2)cc1NC(=O)c1c(F)cccc1OC. The van der Waals surface area contributed by atoms with Gasteiger partial charge >= 0.3 is 0 Å². The summed E-state index contributed by atoms with van der Waals surface area (Å²) in [5, 5.41) is 8.39. The van der Waals surface area contributed by atoms with Crippen molar-refractivity contribution in [2.45, 2.75) is 18.9 Å². The summed E-state index contributed by atoms with van der Waals surface area (Å²) in [7, 11) is 2.83. The maximum atomic E-state index is 14.2. The number of ether oxygens (including phenoxy) is 2. The minimum Gasteiger partial charge on any atom is -0.496 e. The fourth-order valence-electron chi connectivity index (χ4n) is 3.08. The molecule has 9 heteroatoms. The lowest BCUT2D eigenvalue weighted by molar-refractivity contribution is 0.0904. The Kier molecular flexibility index (Phi) is 6.61. The molecule has 1 aromatic heterocycles. The number of benzene rings is 1. The van der Waals surface area contributed by atoms with Gasteiger partial charge in [0.15, 0.2) is 0 Å². The van der Waals surface area contributed by atoms with Gasteiger partial charge in [-0.25, -0.2) is 9.37 Å². The average Bonchev–Trinajstić information content (AvgIpc) is 2.73. The van der Waals surface area contributed by atoms with E-state index in [0.29, 0.717) is 19.0 Å². The van der Waals surface area contributed by atoms with E-state index in [9.17, 15) is 14.0 Å². The number of amides is 2. The number of hydrogen-bond donors (Lipinski definition) is 3. The Labute approximate surface area is 167 Å². The molecule has 3 N–H and O–H groups in total. The molecule has 0 bridgehead atoms. The van der Waals surface area contributed by atoms with Crippen LogP contribution in [0.15, 0.2) is 30.5 Å². The van der Waals surface area contributed by atoms with Gasteiger partial charge < -0.3 is 25.4 Å². The van der Waals surface area contributed by atoms with Gasteiger partial charge in [-0.2, -0.15) is 0 Å². The van der Waals surface area contributed by atoms with E-state index in [1.807, 2.05) is 0 Å². The van der Waals surface area contributed by atoms with Crippen molar-refractivity contribution in [3.8, 4) is 5.75 Å². The fourth-order valence-corrected chi connectivity index (χ4v) is 3.08. The minimum atomic E-state index is -0.728. The maximum Gasteiger partial charge on any atom is 0.262 e. The van der Waals surface area contributed by atoms with Crippen LogP contribution >= 0.6 is 0 Å². The van der Waals surface area contributed by atoms with Crippen molar-refractivity contribution in [2.24, 2.45) is 0 Å². The second-order valence-electron chi connectivity index (χ2n) is 6.50. The van der Waals surface area contributed by atoms with Gasteiger partial charge in [-0.05, 0) is 25.0 Å². The number of rotatable bonds is 6. The molecule has 0 saturated carbocycles. The van der Waals surface area contributed by atoms with Crippen molar-refractivity contribution in [3.05, 3.63) is 47.4 Å². The summed E-state index contributed by atoms with van der Waals surface area (Å²) in [5.41, 5.74) is 0.131. The number of nitrogens with one attached hydrogen (secondary N) is 3. The van der Waals surface area contributed by atoms with E-state index in [4.69, 9.17) is 9.47 Å². The molecular weight excluding hydrogens is 379 g/mol. The number of methoxy groups -OCH3 is 1. The summed E-state index contributed by atoms with van der Waals surface area (Å²) in [5.74, 6) is -1.28.